The Balaban J connectivity index is 4.11. The van der Waals surface area contributed by atoms with Crippen molar-refractivity contribution in [3.8, 4) is 0 Å². The molecule has 81 heavy (non-hydrogen) atoms. The fraction of sp³-hybridized carbons (Fsp3) is 0.736. The first-order valence-electron chi connectivity index (χ1n) is 33.4. The highest BCUT2D eigenvalue weighted by molar-refractivity contribution is 5.70. The van der Waals surface area contributed by atoms with Crippen LogP contribution in [0.1, 0.15) is 284 Å². The van der Waals surface area contributed by atoms with E-state index >= 15 is 0 Å². The lowest BCUT2D eigenvalue weighted by Crippen LogP contribution is -2.44. The lowest BCUT2D eigenvalue weighted by Gasteiger charge is -2.26. The number of rotatable bonds is 61. The van der Waals surface area contributed by atoms with E-state index in [0.717, 1.165) is 89.9 Å². The molecule has 9 heteroatoms. The second-order valence-corrected chi connectivity index (χ2v) is 23.3. The number of carboxylic acids is 1. The third kappa shape index (κ3) is 63.6. The van der Waals surface area contributed by atoms with E-state index < -0.39 is 24.3 Å². The largest absolute Gasteiger partial charge is 0.545 e. The van der Waals surface area contributed by atoms with E-state index in [1.54, 1.807) is 0 Å². The van der Waals surface area contributed by atoms with Gasteiger partial charge in [0.1, 0.15) is 13.2 Å². The summed E-state index contributed by atoms with van der Waals surface area (Å²) in [5.41, 5.74) is 0. The average molecular weight is 1130 g/mol. The highest BCUT2D eigenvalue weighted by Gasteiger charge is 2.22. The molecule has 0 bridgehead atoms. The van der Waals surface area contributed by atoms with E-state index in [9.17, 15) is 19.5 Å². The molecule has 0 saturated heterocycles. The number of likely N-dealkylation sites (N-methyl/N-ethyl adjacent to an activating group) is 1. The second kappa shape index (κ2) is 62.3. The van der Waals surface area contributed by atoms with Crippen LogP contribution in [-0.4, -0.2) is 82.3 Å². The number of esters is 2. The minimum absolute atomic E-state index is 0.145. The Labute approximate surface area is 499 Å². The quantitative estimate of drug-likeness (QED) is 0.0195. The molecule has 0 N–H and O–H groups in total. The molecule has 9 nitrogen and oxygen atoms in total. The molecule has 0 saturated carbocycles. The fourth-order valence-corrected chi connectivity index (χ4v) is 9.29. The van der Waals surface area contributed by atoms with Gasteiger partial charge in [-0.25, -0.2) is 0 Å². The summed E-state index contributed by atoms with van der Waals surface area (Å²) in [5.74, 6) is -2.28. The SMILES string of the molecule is CC/C=C\C/C=C\C/C=C\C/C=C\CCCCCCCCCCCCCCCCCCCCCCC(=O)OC(COC(=O)CCCCCCCCCCCC/C=C\C/C=C\C/C=C\C/C=C\CC)COC(OCC[N+](C)(C)C)C(=O)[O-]. The van der Waals surface area contributed by atoms with Gasteiger partial charge in [-0.1, -0.05) is 278 Å². The van der Waals surface area contributed by atoms with Crippen LogP contribution in [-0.2, 0) is 33.3 Å². The number of hydrogen-bond acceptors (Lipinski definition) is 8. The Kier molecular flexibility index (Phi) is 59.3. The second-order valence-electron chi connectivity index (χ2n) is 23.3. The highest BCUT2D eigenvalue weighted by atomic mass is 16.7. The number of carbonyl (C=O) groups is 3. The number of allylic oxidation sites excluding steroid dienone is 16. The van der Waals surface area contributed by atoms with Crippen LogP contribution in [0.5, 0.6) is 0 Å². The van der Waals surface area contributed by atoms with Crippen molar-refractivity contribution in [2.45, 2.75) is 296 Å². The lowest BCUT2D eigenvalue weighted by molar-refractivity contribution is -0.870. The van der Waals surface area contributed by atoms with Gasteiger partial charge in [-0.05, 0) is 89.9 Å². The van der Waals surface area contributed by atoms with Crippen molar-refractivity contribution in [2.24, 2.45) is 0 Å². The number of aliphatic carboxylic acids is 1. The number of carboxylic acid groups (broad SMARTS) is 1. The van der Waals surface area contributed by atoms with Gasteiger partial charge in [0.05, 0.1) is 40.3 Å². The maximum Gasteiger partial charge on any atom is 0.306 e. The molecule has 0 aliphatic rings. The molecule has 0 aliphatic carbocycles. The minimum atomic E-state index is -1.63. The molecular weight excluding hydrogens is 1010 g/mol. The van der Waals surface area contributed by atoms with E-state index in [1.807, 2.05) is 21.1 Å². The Morgan fingerprint density at radius 2 is 0.667 bits per heavy atom. The molecule has 0 aliphatic heterocycles. The summed E-state index contributed by atoms with van der Waals surface area (Å²) in [7, 11) is 5.93. The Morgan fingerprint density at radius 1 is 0.370 bits per heavy atom. The van der Waals surface area contributed by atoms with Crippen LogP contribution in [0.3, 0.4) is 0 Å². The summed E-state index contributed by atoms with van der Waals surface area (Å²) in [5, 5.41) is 11.8. The molecule has 0 aromatic heterocycles. The van der Waals surface area contributed by atoms with Crippen molar-refractivity contribution in [2.75, 3.05) is 47.5 Å². The van der Waals surface area contributed by atoms with Gasteiger partial charge in [-0.15, -0.1) is 0 Å². The average Bonchev–Trinajstić information content (AvgIpc) is 3.44. The molecule has 0 radical (unpaired) electrons. The zero-order valence-corrected chi connectivity index (χ0v) is 53.1. The summed E-state index contributed by atoms with van der Waals surface area (Å²) >= 11 is 0. The normalized spacial score (nSPS) is 13.3. The van der Waals surface area contributed by atoms with Gasteiger partial charge in [0.15, 0.2) is 12.4 Å². The van der Waals surface area contributed by atoms with Gasteiger partial charge in [0.25, 0.3) is 0 Å². The molecule has 0 rings (SSSR count). The molecule has 2 unspecified atom stereocenters. The zero-order valence-electron chi connectivity index (χ0n) is 53.1. The Morgan fingerprint density at radius 3 is 0.988 bits per heavy atom. The number of ether oxygens (including phenoxy) is 4. The molecule has 466 valence electrons. The molecule has 2 atom stereocenters. The number of nitrogens with zero attached hydrogens (tertiary/aromatic N) is 1. The summed E-state index contributed by atoms with van der Waals surface area (Å²) in [4.78, 5) is 37.4. The van der Waals surface area contributed by atoms with Crippen molar-refractivity contribution in [1.82, 2.24) is 0 Å². The van der Waals surface area contributed by atoms with Crippen LogP contribution >= 0.6 is 0 Å². The Hall–Kier alpha value is -3.79. The molecule has 0 aromatic rings. The topological polar surface area (TPSA) is 111 Å². The smallest absolute Gasteiger partial charge is 0.306 e. The van der Waals surface area contributed by atoms with Crippen LogP contribution in [0.15, 0.2) is 97.2 Å². The van der Waals surface area contributed by atoms with Gasteiger partial charge in [0, 0.05) is 12.8 Å². The first kappa shape index (κ1) is 77.2. The number of carbonyl (C=O) groups excluding carboxylic acids is 3. The molecular formula is C72H125NO8. The molecule has 0 spiro atoms. The predicted molar refractivity (Wildman–Crippen MR) is 343 cm³/mol. The molecule has 0 aromatic carbocycles. The van der Waals surface area contributed by atoms with Crippen LogP contribution in [0.4, 0.5) is 0 Å². The summed E-state index contributed by atoms with van der Waals surface area (Å²) in [6, 6.07) is 0. The van der Waals surface area contributed by atoms with Crippen molar-refractivity contribution >= 4 is 17.9 Å². The van der Waals surface area contributed by atoms with Crippen molar-refractivity contribution in [1.29, 1.82) is 0 Å². The van der Waals surface area contributed by atoms with Gasteiger partial charge < -0.3 is 33.3 Å². The van der Waals surface area contributed by atoms with E-state index in [-0.39, 0.29) is 38.6 Å². The monoisotopic (exact) mass is 1130 g/mol. The maximum absolute atomic E-state index is 12.9. The van der Waals surface area contributed by atoms with E-state index in [1.165, 1.54) is 161 Å². The van der Waals surface area contributed by atoms with Crippen molar-refractivity contribution in [3.63, 3.8) is 0 Å². The van der Waals surface area contributed by atoms with Crippen molar-refractivity contribution < 1.29 is 42.9 Å². The van der Waals surface area contributed by atoms with Crippen LogP contribution in [0, 0.1) is 0 Å². The third-order valence-corrected chi connectivity index (χ3v) is 14.3. The molecule has 0 heterocycles. The van der Waals surface area contributed by atoms with Crippen LogP contribution in [0.25, 0.3) is 0 Å². The summed E-state index contributed by atoms with van der Waals surface area (Å²) in [6.07, 6.45) is 81.9. The predicted octanol–water partition coefficient (Wildman–Crippen LogP) is 19.1. The molecule has 0 amide bonds. The first-order chi connectivity index (χ1) is 39.6. The number of hydrogen-bond donors (Lipinski definition) is 0. The van der Waals surface area contributed by atoms with Crippen LogP contribution < -0.4 is 5.11 Å². The van der Waals surface area contributed by atoms with Gasteiger partial charge >= 0.3 is 11.9 Å². The minimum Gasteiger partial charge on any atom is -0.545 e. The zero-order chi connectivity index (χ0) is 59.1. The number of quaternary nitrogens is 1. The first-order valence-corrected chi connectivity index (χ1v) is 33.4. The van der Waals surface area contributed by atoms with Gasteiger partial charge in [0.2, 0.25) is 0 Å². The number of unbranched alkanes of at least 4 members (excludes halogenated alkanes) is 30. The lowest BCUT2D eigenvalue weighted by atomic mass is 10.0. The summed E-state index contributed by atoms with van der Waals surface area (Å²) in [6.45, 7) is 4.54. The fourth-order valence-electron chi connectivity index (χ4n) is 9.29. The van der Waals surface area contributed by atoms with Gasteiger partial charge in [-0.3, -0.25) is 9.59 Å². The van der Waals surface area contributed by atoms with Crippen LogP contribution in [0.2, 0.25) is 0 Å². The van der Waals surface area contributed by atoms with E-state index in [2.05, 4.69) is 111 Å². The molecule has 0 fully saturated rings. The third-order valence-electron chi connectivity index (χ3n) is 14.3. The van der Waals surface area contributed by atoms with E-state index in [4.69, 9.17) is 18.9 Å². The van der Waals surface area contributed by atoms with Gasteiger partial charge in [-0.2, -0.15) is 0 Å². The highest BCUT2D eigenvalue weighted by Crippen LogP contribution is 2.17. The van der Waals surface area contributed by atoms with E-state index in [0.29, 0.717) is 17.4 Å². The standard InChI is InChI=1S/C72H125NO8/c1-6-8-10-12-14-16-18-20-22-24-26-28-30-31-32-33-34-35-36-37-38-39-41-43-45-47-49-51-53-55-57-59-61-63-70(75)81-68(67-80-72(71(76)77)78-65-64-73(3,4)5)66-79-69(74)62-60-58-56-54-52-50-48-46-44-42-40-29-27-25-23-21-19-17-15-13-11-9-7-2/h8-11,14-17,20-23,26-29,68,72H,6-7,12-13,18-19,24-25,30-67H2,1-5H3/b10-8-,11-9-,16-14-,17-15-,22-20-,23-21-,28-26-,29-27-. The van der Waals surface area contributed by atoms with Crippen molar-refractivity contribution in [3.05, 3.63) is 97.2 Å². The maximum atomic E-state index is 12.9. The summed E-state index contributed by atoms with van der Waals surface area (Å²) < 4.78 is 22.8. The Bertz CT molecular complexity index is 1650.